The minimum Gasteiger partial charge on any atom is -0.508 e. The van der Waals surface area contributed by atoms with Crippen molar-refractivity contribution in [1.82, 2.24) is 0 Å². The summed E-state index contributed by atoms with van der Waals surface area (Å²) in [6.45, 7) is 0. The van der Waals surface area contributed by atoms with Crippen LogP contribution in [0.4, 0.5) is 4.39 Å². The highest BCUT2D eigenvalue weighted by Crippen LogP contribution is 2.25. The van der Waals surface area contributed by atoms with E-state index < -0.39 is 5.82 Å². The summed E-state index contributed by atoms with van der Waals surface area (Å²) in [6, 6.07) is 24.8. The number of rotatable bonds is 6. The molecule has 31 heavy (non-hydrogen) atoms. The predicted octanol–water partition coefficient (Wildman–Crippen LogP) is 5.79. The molecule has 4 aromatic carbocycles. The molecule has 0 saturated carbocycles. The first-order valence-corrected chi connectivity index (χ1v) is 9.51. The van der Waals surface area contributed by atoms with Crippen molar-refractivity contribution in [1.29, 1.82) is 0 Å². The zero-order valence-electron chi connectivity index (χ0n) is 16.3. The molecule has 1 N–H and O–H groups in total. The maximum absolute atomic E-state index is 13.4. The summed E-state index contributed by atoms with van der Waals surface area (Å²) in [4.78, 5) is 25.1. The molecule has 0 spiro atoms. The molecule has 0 atom stereocenters. The van der Waals surface area contributed by atoms with E-state index in [1.165, 1.54) is 30.3 Å². The average Bonchev–Trinajstić information content (AvgIpc) is 2.79. The van der Waals surface area contributed by atoms with Gasteiger partial charge in [-0.25, -0.2) is 4.39 Å². The summed E-state index contributed by atoms with van der Waals surface area (Å²) >= 11 is 0. The van der Waals surface area contributed by atoms with Gasteiger partial charge >= 0.3 is 0 Å². The van der Waals surface area contributed by atoms with Crippen LogP contribution in [0, 0.1) is 5.82 Å². The number of halogens is 1. The van der Waals surface area contributed by atoms with Gasteiger partial charge in [0.1, 0.15) is 23.1 Å². The van der Waals surface area contributed by atoms with Crippen molar-refractivity contribution in [3.05, 3.63) is 125 Å². The predicted molar refractivity (Wildman–Crippen MR) is 114 cm³/mol. The first kappa shape index (κ1) is 20.0. The summed E-state index contributed by atoms with van der Waals surface area (Å²) in [5.74, 6) is -0.0350. The van der Waals surface area contributed by atoms with Crippen molar-refractivity contribution in [2.24, 2.45) is 0 Å². The molecule has 152 valence electrons. The molecule has 0 aromatic heterocycles. The highest BCUT2D eigenvalue weighted by atomic mass is 19.1. The molecule has 0 saturated heterocycles. The molecule has 5 heteroatoms. The number of phenols is 1. The smallest absolute Gasteiger partial charge is 0.193 e. The molecule has 0 aliphatic rings. The zero-order chi connectivity index (χ0) is 21.8. The Morgan fingerprint density at radius 2 is 1.19 bits per heavy atom. The Morgan fingerprint density at radius 1 is 0.613 bits per heavy atom. The van der Waals surface area contributed by atoms with Crippen molar-refractivity contribution in [3.63, 3.8) is 0 Å². The van der Waals surface area contributed by atoms with Gasteiger partial charge in [0.05, 0.1) is 0 Å². The third kappa shape index (κ3) is 4.67. The van der Waals surface area contributed by atoms with E-state index in [0.29, 0.717) is 28.2 Å². The number of ketones is 2. The lowest BCUT2D eigenvalue weighted by molar-refractivity contribution is 0.103. The van der Waals surface area contributed by atoms with Gasteiger partial charge in [0.25, 0.3) is 0 Å². The van der Waals surface area contributed by atoms with Crippen LogP contribution in [0.5, 0.6) is 17.2 Å². The van der Waals surface area contributed by atoms with Gasteiger partial charge in [-0.3, -0.25) is 9.59 Å². The Bertz CT molecular complexity index is 1260. The first-order valence-electron chi connectivity index (χ1n) is 9.51. The van der Waals surface area contributed by atoms with Crippen molar-refractivity contribution in [3.8, 4) is 17.2 Å². The van der Waals surface area contributed by atoms with Gasteiger partial charge in [-0.1, -0.05) is 36.4 Å². The number of benzene rings is 4. The van der Waals surface area contributed by atoms with E-state index in [1.54, 1.807) is 66.7 Å². The monoisotopic (exact) mass is 412 g/mol. The summed E-state index contributed by atoms with van der Waals surface area (Å²) < 4.78 is 19.2. The van der Waals surface area contributed by atoms with Crippen LogP contribution in [0.15, 0.2) is 97.1 Å². The number of ether oxygens (including phenoxy) is 1. The lowest BCUT2D eigenvalue weighted by atomic mass is 10.0. The summed E-state index contributed by atoms with van der Waals surface area (Å²) in [7, 11) is 0. The quantitative estimate of drug-likeness (QED) is 0.408. The van der Waals surface area contributed by atoms with Gasteiger partial charge in [-0.2, -0.15) is 0 Å². The van der Waals surface area contributed by atoms with Gasteiger partial charge in [-0.15, -0.1) is 0 Å². The molecule has 0 bridgehead atoms. The van der Waals surface area contributed by atoms with Crippen molar-refractivity contribution >= 4 is 11.6 Å². The summed E-state index contributed by atoms with van der Waals surface area (Å²) in [6.07, 6.45) is 0. The van der Waals surface area contributed by atoms with Gasteiger partial charge in [-0.05, 0) is 60.7 Å². The largest absolute Gasteiger partial charge is 0.508 e. The maximum atomic E-state index is 13.4. The molecule has 0 fully saturated rings. The molecular weight excluding hydrogens is 395 g/mol. The number of phenolic OH excluding ortho intramolecular Hbond substituents is 1. The summed E-state index contributed by atoms with van der Waals surface area (Å²) in [5.41, 5.74) is 1.47. The number of hydrogen-bond donors (Lipinski definition) is 1. The van der Waals surface area contributed by atoms with Crippen LogP contribution in [0.25, 0.3) is 0 Å². The molecule has 4 rings (SSSR count). The number of carbonyl (C=O) groups excluding carboxylic acids is 2. The average molecular weight is 412 g/mol. The fourth-order valence-corrected chi connectivity index (χ4v) is 3.12. The van der Waals surface area contributed by atoms with Gasteiger partial charge < -0.3 is 9.84 Å². The second-order valence-corrected chi connectivity index (χ2v) is 6.87. The Kier molecular flexibility index (Phi) is 5.58. The van der Waals surface area contributed by atoms with Crippen LogP contribution in [0.2, 0.25) is 0 Å². The van der Waals surface area contributed by atoms with E-state index in [0.717, 1.165) is 0 Å². The molecule has 0 amide bonds. The molecule has 0 heterocycles. The van der Waals surface area contributed by atoms with Crippen molar-refractivity contribution < 1.29 is 23.8 Å². The number of aromatic hydroxyl groups is 1. The van der Waals surface area contributed by atoms with Crippen LogP contribution >= 0.6 is 0 Å². The SMILES string of the molecule is O=C(c1ccc(Oc2cccc(C(=O)c3cccc(O)c3)c2)cc1)c1cccc(F)c1. The second-order valence-electron chi connectivity index (χ2n) is 6.87. The Balaban J connectivity index is 1.50. The molecule has 0 aliphatic carbocycles. The van der Waals surface area contributed by atoms with E-state index in [9.17, 15) is 19.1 Å². The summed E-state index contributed by atoms with van der Waals surface area (Å²) in [5, 5.41) is 9.59. The van der Waals surface area contributed by atoms with Crippen molar-refractivity contribution in [2.75, 3.05) is 0 Å². The van der Waals surface area contributed by atoms with E-state index in [4.69, 9.17) is 4.74 Å². The minimum absolute atomic E-state index is 0.0196. The van der Waals surface area contributed by atoms with Crippen LogP contribution < -0.4 is 4.74 Å². The fourth-order valence-electron chi connectivity index (χ4n) is 3.12. The maximum Gasteiger partial charge on any atom is 0.193 e. The molecule has 4 nitrogen and oxygen atoms in total. The first-order chi connectivity index (χ1) is 15.0. The number of carbonyl (C=O) groups is 2. The molecular formula is C26H17FO4. The lowest BCUT2D eigenvalue weighted by Crippen LogP contribution is -2.02. The van der Waals surface area contributed by atoms with Crippen LogP contribution in [-0.4, -0.2) is 16.7 Å². The van der Waals surface area contributed by atoms with E-state index in [-0.39, 0.29) is 22.9 Å². The second kappa shape index (κ2) is 8.63. The van der Waals surface area contributed by atoms with Gasteiger partial charge in [0.15, 0.2) is 11.6 Å². The van der Waals surface area contributed by atoms with Crippen LogP contribution in [0.3, 0.4) is 0 Å². The van der Waals surface area contributed by atoms with Crippen LogP contribution in [-0.2, 0) is 0 Å². The Labute approximate surface area is 178 Å². The van der Waals surface area contributed by atoms with Gasteiger partial charge in [0.2, 0.25) is 0 Å². The van der Waals surface area contributed by atoms with E-state index in [1.807, 2.05) is 0 Å². The van der Waals surface area contributed by atoms with E-state index in [2.05, 4.69) is 0 Å². The van der Waals surface area contributed by atoms with Gasteiger partial charge in [0, 0.05) is 22.3 Å². The number of hydrogen-bond acceptors (Lipinski definition) is 4. The Morgan fingerprint density at radius 3 is 1.87 bits per heavy atom. The topological polar surface area (TPSA) is 63.6 Å². The molecule has 0 radical (unpaired) electrons. The van der Waals surface area contributed by atoms with E-state index >= 15 is 0 Å². The fraction of sp³-hybridized carbons (Fsp3) is 0. The molecule has 0 unspecified atom stereocenters. The third-order valence-electron chi connectivity index (χ3n) is 4.64. The highest BCUT2D eigenvalue weighted by molar-refractivity contribution is 6.09. The van der Waals surface area contributed by atoms with Crippen molar-refractivity contribution in [2.45, 2.75) is 0 Å². The molecule has 4 aromatic rings. The normalized spacial score (nSPS) is 10.5. The highest BCUT2D eigenvalue weighted by Gasteiger charge is 2.12. The van der Waals surface area contributed by atoms with Crippen LogP contribution in [0.1, 0.15) is 31.8 Å². The lowest BCUT2D eigenvalue weighted by Gasteiger charge is -2.09. The zero-order valence-corrected chi connectivity index (χ0v) is 16.3. The Hall–Kier alpha value is -4.25. The standard InChI is InChI=1S/C26H17FO4/c27-21-7-1-4-18(14-21)25(29)17-10-12-23(13-11-17)31-24-9-3-6-20(16-24)26(30)19-5-2-8-22(28)15-19/h1-16,28H. The third-order valence-corrected chi connectivity index (χ3v) is 4.64. The minimum atomic E-state index is -0.467. The molecule has 0 aliphatic heterocycles.